The molecule has 0 aliphatic heterocycles. The number of carbonyl (C=O) groups is 2. The normalized spacial score (nSPS) is 10.9. The number of aldehydes is 1. The molecule has 0 radical (unpaired) electrons. The average molecular weight is 236 g/mol. The number of carboxylic acid groups (broad SMARTS) is 1. The Balaban J connectivity index is 3.09. The van der Waals surface area contributed by atoms with Gasteiger partial charge in [0.25, 0.3) is 0 Å². The number of carboxylic acids is 1. The number of hydrogen-bond donors (Lipinski definition) is 1. The van der Waals surface area contributed by atoms with Gasteiger partial charge < -0.3 is 9.84 Å². The molecule has 1 N–H and O–H groups in total. The monoisotopic (exact) mass is 236 g/mol. The first-order valence-electron chi connectivity index (χ1n) is 5.56. The lowest BCUT2D eigenvalue weighted by atomic mass is 9.97. The molecule has 1 rings (SSSR count). The Labute approximate surface area is 100 Å². The minimum Gasteiger partial charge on any atom is -0.478 e. The predicted molar refractivity (Wildman–Crippen MR) is 63.4 cm³/mol. The van der Waals surface area contributed by atoms with Gasteiger partial charge in [-0.2, -0.15) is 0 Å². The second kappa shape index (κ2) is 5.48. The third kappa shape index (κ3) is 2.64. The first-order valence-corrected chi connectivity index (χ1v) is 5.56. The molecule has 0 aliphatic carbocycles. The maximum atomic E-state index is 11.3. The van der Waals surface area contributed by atoms with Gasteiger partial charge in [0.1, 0.15) is 5.75 Å². The molecule has 0 bridgehead atoms. The van der Waals surface area contributed by atoms with Crippen molar-refractivity contribution in [3.8, 4) is 5.75 Å². The Bertz CT molecular complexity index is 408. The standard InChI is InChI=1S/C13H16O4/c1-3-13(4-2,12(15)16)17-11-8-6-5-7-10(11)9-14/h5-9H,3-4H2,1-2H3,(H,15,16). The largest absolute Gasteiger partial charge is 0.478 e. The lowest BCUT2D eigenvalue weighted by Crippen LogP contribution is -2.43. The van der Waals surface area contributed by atoms with E-state index < -0.39 is 11.6 Å². The number of para-hydroxylation sites is 1. The summed E-state index contributed by atoms with van der Waals surface area (Å²) in [6.45, 7) is 3.50. The Kier molecular flexibility index (Phi) is 4.26. The van der Waals surface area contributed by atoms with E-state index in [1.54, 1.807) is 38.1 Å². The quantitative estimate of drug-likeness (QED) is 0.771. The summed E-state index contributed by atoms with van der Waals surface area (Å²) in [5.41, 5.74) is -0.904. The molecule has 0 aromatic heterocycles. The van der Waals surface area contributed by atoms with Gasteiger partial charge in [-0.3, -0.25) is 4.79 Å². The van der Waals surface area contributed by atoms with Crippen LogP contribution in [-0.4, -0.2) is 23.0 Å². The molecule has 4 heteroatoms. The van der Waals surface area contributed by atoms with Crippen LogP contribution < -0.4 is 4.74 Å². The zero-order chi connectivity index (χ0) is 12.9. The maximum absolute atomic E-state index is 11.3. The first-order chi connectivity index (χ1) is 8.09. The molecule has 0 saturated carbocycles. The predicted octanol–water partition coefficient (Wildman–Crippen LogP) is 2.52. The van der Waals surface area contributed by atoms with E-state index in [0.29, 0.717) is 30.4 Å². The van der Waals surface area contributed by atoms with Crippen LogP contribution in [0.5, 0.6) is 5.75 Å². The van der Waals surface area contributed by atoms with Gasteiger partial charge in [-0.15, -0.1) is 0 Å². The number of ether oxygens (including phenoxy) is 1. The van der Waals surface area contributed by atoms with Gasteiger partial charge in [-0.1, -0.05) is 26.0 Å². The highest BCUT2D eigenvalue weighted by Crippen LogP contribution is 2.27. The highest BCUT2D eigenvalue weighted by atomic mass is 16.5. The van der Waals surface area contributed by atoms with Crippen molar-refractivity contribution in [2.24, 2.45) is 0 Å². The maximum Gasteiger partial charge on any atom is 0.348 e. The van der Waals surface area contributed by atoms with Crippen molar-refractivity contribution in [2.45, 2.75) is 32.3 Å². The second-order valence-electron chi connectivity index (χ2n) is 3.76. The summed E-state index contributed by atoms with van der Waals surface area (Å²) in [5.74, 6) is -0.697. The van der Waals surface area contributed by atoms with Crippen LogP contribution in [0.25, 0.3) is 0 Å². The molecular formula is C13H16O4. The number of hydrogen-bond acceptors (Lipinski definition) is 3. The third-order valence-corrected chi connectivity index (χ3v) is 2.88. The van der Waals surface area contributed by atoms with Gasteiger partial charge in [-0.05, 0) is 25.0 Å². The van der Waals surface area contributed by atoms with Crippen molar-refractivity contribution in [1.82, 2.24) is 0 Å². The van der Waals surface area contributed by atoms with E-state index in [9.17, 15) is 14.7 Å². The SMILES string of the molecule is CCC(CC)(Oc1ccccc1C=O)C(=O)O. The van der Waals surface area contributed by atoms with E-state index >= 15 is 0 Å². The van der Waals surface area contributed by atoms with Gasteiger partial charge >= 0.3 is 5.97 Å². The van der Waals surface area contributed by atoms with Crippen molar-refractivity contribution in [2.75, 3.05) is 0 Å². The molecule has 4 nitrogen and oxygen atoms in total. The van der Waals surface area contributed by atoms with E-state index in [1.165, 1.54) is 0 Å². The fraction of sp³-hybridized carbons (Fsp3) is 0.385. The average Bonchev–Trinajstić information content (AvgIpc) is 2.36. The number of benzene rings is 1. The third-order valence-electron chi connectivity index (χ3n) is 2.88. The molecule has 0 amide bonds. The van der Waals surface area contributed by atoms with E-state index in [4.69, 9.17) is 4.74 Å². The summed E-state index contributed by atoms with van der Waals surface area (Å²) in [4.78, 5) is 22.1. The van der Waals surface area contributed by atoms with Crippen molar-refractivity contribution in [3.05, 3.63) is 29.8 Å². The van der Waals surface area contributed by atoms with Gasteiger partial charge in [0.05, 0.1) is 5.56 Å². The summed E-state index contributed by atoms with van der Waals surface area (Å²) in [5, 5.41) is 9.24. The lowest BCUT2D eigenvalue weighted by molar-refractivity contribution is -0.156. The number of carbonyl (C=O) groups excluding carboxylic acids is 1. The van der Waals surface area contributed by atoms with Crippen LogP contribution in [0.3, 0.4) is 0 Å². The fourth-order valence-electron chi connectivity index (χ4n) is 1.62. The molecule has 0 heterocycles. The zero-order valence-electron chi connectivity index (χ0n) is 9.97. The molecule has 0 unspecified atom stereocenters. The van der Waals surface area contributed by atoms with Gasteiger partial charge in [0, 0.05) is 0 Å². The number of rotatable bonds is 6. The Morgan fingerprint density at radius 1 is 1.35 bits per heavy atom. The molecule has 0 spiro atoms. The van der Waals surface area contributed by atoms with E-state index in [1.807, 2.05) is 0 Å². The molecule has 1 aromatic carbocycles. The van der Waals surface area contributed by atoms with Gasteiger partial charge in [0.2, 0.25) is 5.60 Å². The Hall–Kier alpha value is -1.84. The molecule has 0 atom stereocenters. The summed E-state index contributed by atoms with van der Waals surface area (Å²) >= 11 is 0. The van der Waals surface area contributed by atoms with Crippen LogP contribution in [0, 0.1) is 0 Å². The summed E-state index contributed by atoms with van der Waals surface area (Å²) in [7, 11) is 0. The van der Waals surface area contributed by atoms with Crippen LogP contribution in [0.15, 0.2) is 24.3 Å². The van der Waals surface area contributed by atoms with Crippen LogP contribution in [0.1, 0.15) is 37.0 Å². The van der Waals surface area contributed by atoms with Gasteiger partial charge in [-0.25, -0.2) is 4.79 Å². The van der Waals surface area contributed by atoms with Crippen LogP contribution in [-0.2, 0) is 4.79 Å². The molecule has 0 aliphatic rings. The summed E-state index contributed by atoms with van der Waals surface area (Å²) in [6.07, 6.45) is 1.34. The van der Waals surface area contributed by atoms with Crippen molar-refractivity contribution in [3.63, 3.8) is 0 Å². The van der Waals surface area contributed by atoms with Crippen molar-refractivity contribution >= 4 is 12.3 Å². The van der Waals surface area contributed by atoms with Crippen LogP contribution >= 0.6 is 0 Å². The van der Waals surface area contributed by atoms with Crippen LogP contribution in [0.4, 0.5) is 0 Å². The summed E-state index contributed by atoms with van der Waals surface area (Å²) in [6, 6.07) is 6.62. The van der Waals surface area contributed by atoms with Crippen LogP contribution in [0.2, 0.25) is 0 Å². The molecule has 17 heavy (non-hydrogen) atoms. The molecule has 92 valence electrons. The number of aliphatic carboxylic acids is 1. The summed E-state index contributed by atoms with van der Waals surface area (Å²) < 4.78 is 5.55. The zero-order valence-corrected chi connectivity index (χ0v) is 9.97. The second-order valence-corrected chi connectivity index (χ2v) is 3.76. The molecular weight excluding hydrogens is 220 g/mol. The Morgan fingerprint density at radius 3 is 2.41 bits per heavy atom. The highest BCUT2D eigenvalue weighted by molar-refractivity contribution is 5.81. The fourth-order valence-corrected chi connectivity index (χ4v) is 1.62. The smallest absolute Gasteiger partial charge is 0.348 e. The minimum atomic E-state index is -1.26. The Morgan fingerprint density at radius 2 is 1.94 bits per heavy atom. The van der Waals surface area contributed by atoms with E-state index in [0.717, 1.165) is 0 Å². The minimum absolute atomic E-state index is 0.314. The molecule has 1 aromatic rings. The highest BCUT2D eigenvalue weighted by Gasteiger charge is 2.37. The molecule has 0 saturated heterocycles. The first kappa shape index (κ1) is 13.2. The van der Waals surface area contributed by atoms with E-state index in [2.05, 4.69) is 0 Å². The lowest BCUT2D eigenvalue weighted by Gasteiger charge is -2.28. The van der Waals surface area contributed by atoms with Gasteiger partial charge in [0.15, 0.2) is 6.29 Å². The molecule has 0 fully saturated rings. The van der Waals surface area contributed by atoms with Crippen molar-refractivity contribution < 1.29 is 19.4 Å². The van der Waals surface area contributed by atoms with E-state index in [-0.39, 0.29) is 0 Å². The van der Waals surface area contributed by atoms with Crippen molar-refractivity contribution in [1.29, 1.82) is 0 Å². The topological polar surface area (TPSA) is 63.6 Å².